The standard InChI is InChI=1S/C25H25N3O/c1-17(25(26)29)27-16-21(18-10-4-2-5-11-18)23-20-14-8-9-15-22(20)28-24(23)19-12-6-3-7-13-19/h2-15,17,21,27-28H,16H2,1H3,(H2,26,29)/t17-,21-/m0/s1. The van der Waals surface area contributed by atoms with Crippen molar-refractivity contribution in [2.45, 2.75) is 18.9 Å². The van der Waals surface area contributed by atoms with Crippen molar-refractivity contribution in [2.24, 2.45) is 5.73 Å². The minimum atomic E-state index is -0.397. The fourth-order valence-electron chi connectivity index (χ4n) is 3.83. The van der Waals surface area contributed by atoms with Gasteiger partial charge in [-0.3, -0.25) is 4.79 Å². The van der Waals surface area contributed by atoms with Gasteiger partial charge < -0.3 is 16.0 Å². The lowest BCUT2D eigenvalue weighted by Gasteiger charge is -2.22. The normalized spacial score (nSPS) is 13.3. The third-order valence-electron chi connectivity index (χ3n) is 5.41. The lowest BCUT2D eigenvalue weighted by molar-refractivity contribution is -0.119. The number of aromatic amines is 1. The molecule has 1 aromatic heterocycles. The summed E-state index contributed by atoms with van der Waals surface area (Å²) in [5, 5.41) is 4.51. The molecule has 146 valence electrons. The Labute approximate surface area is 170 Å². The van der Waals surface area contributed by atoms with Crippen molar-refractivity contribution in [1.29, 1.82) is 0 Å². The number of carbonyl (C=O) groups is 1. The van der Waals surface area contributed by atoms with E-state index >= 15 is 0 Å². The van der Waals surface area contributed by atoms with Gasteiger partial charge in [0.1, 0.15) is 0 Å². The molecule has 0 aliphatic rings. The van der Waals surface area contributed by atoms with Crippen LogP contribution in [-0.2, 0) is 4.79 Å². The van der Waals surface area contributed by atoms with E-state index in [1.807, 2.05) is 18.2 Å². The molecule has 1 heterocycles. The number of para-hydroxylation sites is 1. The number of fused-ring (bicyclic) bond motifs is 1. The summed E-state index contributed by atoms with van der Waals surface area (Å²) in [7, 11) is 0. The van der Waals surface area contributed by atoms with Gasteiger partial charge in [-0.1, -0.05) is 78.9 Å². The minimum absolute atomic E-state index is 0.0596. The van der Waals surface area contributed by atoms with Crippen LogP contribution in [0, 0.1) is 0 Å². The van der Waals surface area contributed by atoms with Crippen LogP contribution in [0.2, 0.25) is 0 Å². The Hall–Kier alpha value is -3.37. The highest BCUT2D eigenvalue weighted by Crippen LogP contribution is 2.38. The molecule has 0 bridgehead atoms. The van der Waals surface area contributed by atoms with E-state index in [-0.39, 0.29) is 11.8 Å². The molecule has 0 saturated heterocycles. The highest BCUT2D eigenvalue weighted by Gasteiger charge is 2.24. The van der Waals surface area contributed by atoms with Gasteiger partial charge in [-0.2, -0.15) is 0 Å². The number of amides is 1. The lowest BCUT2D eigenvalue weighted by Crippen LogP contribution is -2.40. The molecule has 0 spiro atoms. The summed E-state index contributed by atoms with van der Waals surface area (Å²) in [6, 6.07) is 28.7. The van der Waals surface area contributed by atoms with E-state index in [4.69, 9.17) is 5.73 Å². The minimum Gasteiger partial charge on any atom is -0.368 e. The third kappa shape index (κ3) is 3.93. The smallest absolute Gasteiger partial charge is 0.234 e. The number of carbonyl (C=O) groups excluding carboxylic acids is 1. The maximum absolute atomic E-state index is 11.6. The van der Waals surface area contributed by atoms with Crippen LogP contribution >= 0.6 is 0 Å². The topological polar surface area (TPSA) is 70.9 Å². The number of H-pyrrole nitrogens is 1. The van der Waals surface area contributed by atoms with Crippen LogP contribution in [0.5, 0.6) is 0 Å². The number of nitrogens with one attached hydrogen (secondary N) is 2. The van der Waals surface area contributed by atoms with Gasteiger partial charge in [-0.05, 0) is 29.7 Å². The molecule has 3 aromatic carbocycles. The van der Waals surface area contributed by atoms with E-state index in [1.165, 1.54) is 16.5 Å². The Morgan fingerprint density at radius 3 is 2.24 bits per heavy atom. The van der Waals surface area contributed by atoms with Crippen molar-refractivity contribution in [2.75, 3.05) is 6.54 Å². The Kier molecular flexibility index (Phi) is 5.45. The molecule has 0 fully saturated rings. The highest BCUT2D eigenvalue weighted by atomic mass is 16.1. The summed E-state index contributed by atoms with van der Waals surface area (Å²) in [6.45, 7) is 2.41. The van der Waals surface area contributed by atoms with Gasteiger partial charge in [0.05, 0.1) is 11.7 Å². The summed E-state index contributed by atoms with van der Waals surface area (Å²) in [6.07, 6.45) is 0. The van der Waals surface area contributed by atoms with Crippen LogP contribution in [0.25, 0.3) is 22.2 Å². The van der Waals surface area contributed by atoms with Crippen molar-refractivity contribution in [1.82, 2.24) is 10.3 Å². The largest absolute Gasteiger partial charge is 0.368 e. The summed E-state index contributed by atoms with van der Waals surface area (Å²) in [5.74, 6) is -0.289. The molecule has 4 aromatic rings. The first-order chi connectivity index (χ1) is 14.1. The van der Waals surface area contributed by atoms with E-state index in [0.717, 1.165) is 16.8 Å². The Balaban J connectivity index is 1.88. The average Bonchev–Trinajstić information content (AvgIpc) is 3.14. The number of hydrogen-bond donors (Lipinski definition) is 3. The van der Waals surface area contributed by atoms with Crippen LogP contribution in [-0.4, -0.2) is 23.5 Å². The molecular weight excluding hydrogens is 358 g/mol. The predicted octanol–water partition coefficient (Wildman–Crippen LogP) is 4.43. The number of primary amides is 1. The first-order valence-electron chi connectivity index (χ1n) is 9.89. The molecule has 1 amide bonds. The predicted molar refractivity (Wildman–Crippen MR) is 119 cm³/mol. The zero-order valence-corrected chi connectivity index (χ0v) is 16.4. The Morgan fingerprint density at radius 1 is 0.931 bits per heavy atom. The lowest BCUT2D eigenvalue weighted by atomic mass is 9.87. The van der Waals surface area contributed by atoms with Crippen molar-refractivity contribution in [3.63, 3.8) is 0 Å². The SMILES string of the molecule is C[C@H](NC[C@@H](c1ccccc1)c1c(-c2ccccc2)[nH]c2ccccc12)C(N)=O. The molecule has 0 aliphatic heterocycles. The van der Waals surface area contributed by atoms with Gasteiger partial charge in [0.2, 0.25) is 5.91 Å². The maximum atomic E-state index is 11.6. The zero-order chi connectivity index (χ0) is 20.2. The molecule has 4 N–H and O–H groups in total. The first-order valence-corrected chi connectivity index (χ1v) is 9.89. The summed E-state index contributed by atoms with van der Waals surface area (Å²) in [5.41, 5.74) is 11.2. The van der Waals surface area contributed by atoms with Gasteiger partial charge in [-0.25, -0.2) is 0 Å². The molecule has 0 saturated carbocycles. The van der Waals surface area contributed by atoms with Gasteiger partial charge in [0.15, 0.2) is 0 Å². The Bertz CT molecular complexity index is 1100. The second-order valence-electron chi connectivity index (χ2n) is 7.32. The van der Waals surface area contributed by atoms with E-state index in [0.29, 0.717) is 6.54 Å². The van der Waals surface area contributed by atoms with E-state index < -0.39 is 6.04 Å². The van der Waals surface area contributed by atoms with Gasteiger partial charge in [0, 0.05) is 23.4 Å². The Morgan fingerprint density at radius 2 is 1.55 bits per heavy atom. The van der Waals surface area contributed by atoms with E-state index in [1.54, 1.807) is 6.92 Å². The fourth-order valence-corrected chi connectivity index (χ4v) is 3.83. The zero-order valence-electron chi connectivity index (χ0n) is 16.4. The van der Waals surface area contributed by atoms with Gasteiger partial charge >= 0.3 is 0 Å². The van der Waals surface area contributed by atoms with Crippen LogP contribution < -0.4 is 11.1 Å². The maximum Gasteiger partial charge on any atom is 0.234 e. The molecule has 2 atom stereocenters. The van der Waals surface area contributed by atoms with E-state index in [2.05, 4.69) is 77.0 Å². The number of hydrogen-bond acceptors (Lipinski definition) is 2. The summed E-state index contributed by atoms with van der Waals surface area (Å²) < 4.78 is 0. The second kappa shape index (κ2) is 8.33. The molecule has 0 radical (unpaired) electrons. The summed E-state index contributed by atoms with van der Waals surface area (Å²) >= 11 is 0. The van der Waals surface area contributed by atoms with Crippen LogP contribution in [0.4, 0.5) is 0 Å². The number of aromatic nitrogens is 1. The van der Waals surface area contributed by atoms with Gasteiger partial charge in [0.25, 0.3) is 0 Å². The third-order valence-corrected chi connectivity index (χ3v) is 5.41. The average molecular weight is 383 g/mol. The van der Waals surface area contributed by atoms with Crippen LogP contribution in [0.15, 0.2) is 84.9 Å². The second-order valence-corrected chi connectivity index (χ2v) is 7.32. The van der Waals surface area contributed by atoms with Crippen molar-refractivity contribution < 1.29 is 4.79 Å². The quantitative estimate of drug-likeness (QED) is 0.442. The molecule has 29 heavy (non-hydrogen) atoms. The number of benzene rings is 3. The van der Waals surface area contributed by atoms with Crippen molar-refractivity contribution in [3.05, 3.63) is 96.1 Å². The molecule has 0 unspecified atom stereocenters. The number of rotatable bonds is 7. The van der Waals surface area contributed by atoms with E-state index in [9.17, 15) is 4.79 Å². The molecular formula is C25H25N3O. The fraction of sp³-hybridized carbons (Fsp3) is 0.160. The first kappa shape index (κ1) is 19.0. The highest BCUT2D eigenvalue weighted by molar-refractivity contribution is 5.92. The monoisotopic (exact) mass is 383 g/mol. The van der Waals surface area contributed by atoms with Crippen molar-refractivity contribution >= 4 is 16.8 Å². The van der Waals surface area contributed by atoms with Crippen LogP contribution in [0.1, 0.15) is 24.0 Å². The molecule has 4 rings (SSSR count). The molecule has 0 aliphatic carbocycles. The van der Waals surface area contributed by atoms with Gasteiger partial charge in [-0.15, -0.1) is 0 Å². The van der Waals surface area contributed by atoms with Crippen LogP contribution in [0.3, 0.4) is 0 Å². The van der Waals surface area contributed by atoms with Crippen molar-refractivity contribution in [3.8, 4) is 11.3 Å². The molecule has 4 nitrogen and oxygen atoms in total. The number of nitrogens with two attached hydrogens (primary N) is 1. The molecule has 4 heteroatoms. The summed E-state index contributed by atoms with van der Waals surface area (Å²) in [4.78, 5) is 15.2.